The summed E-state index contributed by atoms with van der Waals surface area (Å²) in [6.07, 6.45) is 1.02. The molecular weight excluding hydrogens is 366 g/mol. The molecule has 0 saturated carbocycles. The van der Waals surface area contributed by atoms with E-state index in [9.17, 15) is 19.2 Å². The van der Waals surface area contributed by atoms with Crippen LogP contribution in [0.3, 0.4) is 0 Å². The molecule has 4 amide bonds. The van der Waals surface area contributed by atoms with Crippen molar-refractivity contribution in [3.8, 4) is 0 Å². The van der Waals surface area contributed by atoms with Crippen molar-refractivity contribution in [2.24, 2.45) is 28.1 Å². The molecule has 0 heterocycles. The Balaban J connectivity index is 5.14. The number of primary amides is 1. The first kappa shape index (κ1) is 25.1. The number of guanidine groups is 1. The molecule has 0 aromatic rings. The van der Waals surface area contributed by atoms with E-state index in [1.54, 1.807) is 0 Å². The Kier molecular flexibility index (Phi) is 11.2. The van der Waals surface area contributed by atoms with E-state index in [0.717, 1.165) is 0 Å². The second-order valence-corrected chi connectivity index (χ2v) is 7.03. The molecule has 160 valence electrons. The summed E-state index contributed by atoms with van der Waals surface area (Å²) in [6.45, 7) is 6.84. The molecule has 9 N–H and O–H groups in total. The lowest BCUT2D eigenvalue weighted by Crippen LogP contribution is -2.55. The number of rotatable bonds is 12. The average molecular weight is 399 g/mol. The van der Waals surface area contributed by atoms with Gasteiger partial charge in [0.05, 0.1) is 0 Å². The van der Waals surface area contributed by atoms with Gasteiger partial charge in [0.15, 0.2) is 5.96 Å². The SMILES string of the molecule is CC(=O)NC(C)C(=O)NC(CCCN=C(N)N)C(=O)NC(CC(C)C)C(N)=O. The van der Waals surface area contributed by atoms with E-state index in [4.69, 9.17) is 17.2 Å². The highest BCUT2D eigenvalue weighted by molar-refractivity contribution is 5.93. The van der Waals surface area contributed by atoms with Gasteiger partial charge in [-0.05, 0) is 32.1 Å². The van der Waals surface area contributed by atoms with Gasteiger partial charge in [-0.15, -0.1) is 0 Å². The summed E-state index contributed by atoms with van der Waals surface area (Å²) in [6, 6.07) is -2.61. The van der Waals surface area contributed by atoms with Crippen LogP contribution in [0, 0.1) is 5.92 Å². The number of nitrogens with one attached hydrogen (secondary N) is 3. The van der Waals surface area contributed by atoms with E-state index >= 15 is 0 Å². The van der Waals surface area contributed by atoms with Gasteiger partial charge < -0.3 is 33.2 Å². The summed E-state index contributed by atoms with van der Waals surface area (Å²) in [5.41, 5.74) is 15.9. The quantitative estimate of drug-likeness (QED) is 0.125. The van der Waals surface area contributed by atoms with Crippen LogP contribution in [0.5, 0.6) is 0 Å². The molecule has 0 spiro atoms. The van der Waals surface area contributed by atoms with Crippen molar-refractivity contribution < 1.29 is 19.2 Å². The van der Waals surface area contributed by atoms with Crippen molar-refractivity contribution in [2.75, 3.05) is 6.54 Å². The van der Waals surface area contributed by atoms with Crippen LogP contribution in [-0.2, 0) is 19.2 Å². The molecule has 0 aliphatic carbocycles. The van der Waals surface area contributed by atoms with Crippen molar-refractivity contribution in [2.45, 2.75) is 65.1 Å². The summed E-state index contributed by atoms with van der Waals surface area (Å²) >= 11 is 0. The van der Waals surface area contributed by atoms with E-state index in [-0.39, 0.29) is 30.8 Å². The van der Waals surface area contributed by atoms with E-state index in [1.165, 1.54) is 13.8 Å². The average Bonchev–Trinajstić information content (AvgIpc) is 2.55. The standard InChI is InChI=1S/C17H33N7O4/c1-9(2)8-13(14(18)26)24-16(28)12(6-5-7-21-17(19)20)23-15(27)10(3)22-11(4)25/h9-10,12-13H,5-8H2,1-4H3,(H2,18,26)(H,22,25)(H,23,27)(H,24,28)(H4,19,20,21). The minimum absolute atomic E-state index is 0.0740. The van der Waals surface area contributed by atoms with Gasteiger partial charge in [-0.3, -0.25) is 24.2 Å². The molecule has 3 atom stereocenters. The maximum atomic E-state index is 12.6. The monoisotopic (exact) mass is 399 g/mol. The molecule has 0 saturated heterocycles. The molecule has 0 aromatic carbocycles. The lowest BCUT2D eigenvalue weighted by atomic mass is 10.0. The van der Waals surface area contributed by atoms with E-state index in [1.807, 2.05) is 13.8 Å². The van der Waals surface area contributed by atoms with Gasteiger partial charge >= 0.3 is 0 Å². The summed E-state index contributed by atoms with van der Waals surface area (Å²) in [5, 5.41) is 7.60. The molecule has 28 heavy (non-hydrogen) atoms. The highest BCUT2D eigenvalue weighted by Gasteiger charge is 2.27. The summed E-state index contributed by atoms with van der Waals surface area (Å²) in [7, 11) is 0. The van der Waals surface area contributed by atoms with E-state index in [2.05, 4.69) is 20.9 Å². The lowest BCUT2D eigenvalue weighted by Gasteiger charge is -2.24. The van der Waals surface area contributed by atoms with Crippen LogP contribution >= 0.6 is 0 Å². The Bertz CT molecular complexity index is 588. The molecule has 0 bridgehead atoms. The van der Waals surface area contributed by atoms with Crippen LogP contribution < -0.4 is 33.2 Å². The van der Waals surface area contributed by atoms with Crippen molar-refractivity contribution in [1.29, 1.82) is 0 Å². The zero-order valence-corrected chi connectivity index (χ0v) is 17.0. The number of carbonyl (C=O) groups is 4. The van der Waals surface area contributed by atoms with Crippen LogP contribution in [0.4, 0.5) is 0 Å². The summed E-state index contributed by atoms with van der Waals surface area (Å²) in [5.74, 6) is -2.04. The maximum absolute atomic E-state index is 12.6. The van der Waals surface area contributed by atoms with Crippen LogP contribution in [0.1, 0.15) is 47.0 Å². The van der Waals surface area contributed by atoms with Gasteiger partial charge in [0, 0.05) is 13.5 Å². The topological polar surface area (TPSA) is 195 Å². The fraction of sp³-hybridized carbons (Fsp3) is 0.706. The van der Waals surface area contributed by atoms with Crippen LogP contribution in [0.2, 0.25) is 0 Å². The third kappa shape index (κ3) is 11.0. The van der Waals surface area contributed by atoms with Crippen molar-refractivity contribution in [1.82, 2.24) is 16.0 Å². The molecule has 3 unspecified atom stereocenters. The van der Waals surface area contributed by atoms with E-state index in [0.29, 0.717) is 12.8 Å². The van der Waals surface area contributed by atoms with Gasteiger partial charge in [0.1, 0.15) is 18.1 Å². The number of hydrogen-bond acceptors (Lipinski definition) is 5. The molecular formula is C17H33N7O4. The number of nitrogens with zero attached hydrogens (tertiary/aromatic N) is 1. The predicted octanol–water partition coefficient (Wildman–Crippen LogP) is -1.93. The highest BCUT2D eigenvalue weighted by Crippen LogP contribution is 2.06. The van der Waals surface area contributed by atoms with Gasteiger partial charge in [-0.25, -0.2) is 0 Å². The number of hydrogen-bond donors (Lipinski definition) is 6. The number of amides is 4. The minimum atomic E-state index is -0.938. The molecule has 0 fully saturated rings. The summed E-state index contributed by atoms with van der Waals surface area (Å²) in [4.78, 5) is 51.5. The third-order valence-electron chi connectivity index (χ3n) is 3.76. The fourth-order valence-corrected chi connectivity index (χ4v) is 2.43. The lowest BCUT2D eigenvalue weighted by molar-refractivity contribution is -0.133. The molecule has 0 aliphatic rings. The normalized spacial score (nSPS) is 13.8. The van der Waals surface area contributed by atoms with Crippen molar-refractivity contribution in [3.63, 3.8) is 0 Å². The highest BCUT2D eigenvalue weighted by atomic mass is 16.2. The van der Waals surface area contributed by atoms with Crippen molar-refractivity contribution >= 4 is 29.6 Å². The Hall–Kier alpha value is -2.85. The van der Waals surface area contributed by atoms with Gasteiger partial charge in [0.2, 0.25) is 23.6 Å². The first-order chi connectivity index (χ1) is 12.9. The first-order valence-electron chi connectivity index (χ1n) is 9.16. The number of aliphatic imine (C=N–C) groups is 1. The third-order valence-corrected chi connectivity index (χ3v) is 3.76. The number of carbonyl (C=O) groups excluding carboxylic acids is 4. The van der Waals surface area contributed by atoms with Gasteiger partial charge in [-0.2, -0.15) is 0 Å². The zero-order valence-electron chi connectivity index (χ0n) is 17.0. The summed E-state index contributed by atoms with van der Waals surface area (Å²) < 4.78 is 0. The van der Waals surface area contributed by atoms with Gasteiger partial charge in [-0.1, -0.05) is 13.8 Å². The maximum Gasteiger partial charge on any atom is 0.243 e. The smallest absolute Gasteiger partial charge is 0.243 e. The largest absolute Gasteiger partial charge is 0.370 e. The Morgan fingerprint density at radius 2 is 1.46 bits per heavy atom. The van der Waals surface area contributed by atoms with Gasteiger partial charge in [0.25, 0.3) is 0 Å². The zero-order chi connectivity index (χ0) is 21.9. The number of nitrogens with two attached hydrogens (primary N) is 3. The van der Waals surface area contributed by atoms with Crippen LogP contribution in [0.15, 0.2) is 4.99 Å². The second-order valence-electron chi connectivity index (χ2n) is 7.03. The fourth-order valence-electron chi connectivity index (χ4n) is 2.43. The Morgan fingerprint density at radius 1 is 0.893 bits per heavy atom. The molecule has 0 rings (SSSR count). The Morgan fingerprint density at radius 3 is 1.93 bits per heavy atom. The molecule has 11 heteroatoms. The van der Waals surface area contributed by atoms with Crippen molar-refractivity contribution in [3.05, 3.63) is 0 Å². The van der Waals surface area contributed by atoms with Crippen LogP contribution in [-0.4, -0.2) is 54.3 Å². The molecule has 0 aromatic heterocycles. The minimum Gasteiger partial charge on any atom is -0.370 e. The first-order valence-corrected chi connectivity index (χ1v) is 9.16. The molecule has 0 radical (unpaired) electrons. The molecule has 11 nitrogen and oxygen atoms in total. The molecule has 0 aliphatic heterocycles. The van der Waals surface area contributed by atoms with Crippen LogP contribution in [0.25, 0.3) is 0 Å². The van der Waals surface area contributed by atoms with E-state index < -0.39 is 35.8 Å². The Labute approximate surface area is 165 Å². The second kappa shape index (κ2) is 12.5. The predicted molar refractivity (Wildman–Crippen MR) is 106 cm³/mol.